The van der Waals surface area contributed by atoms with Gasteiger partial charge in [0.1, 0.15) is 10.8 Å². The second kappa shape index (κ2) is 11.3. The molecular formula is C24H27N3O4S2. The first-order chi connectivity index (χ1) is 15.9. The summed E-state index contributed by atoms with van der Waals surface area (Å²) in [6.07, 6.45) is 1.73. The van der Waals surface area contributed by atoms with Gasteiger partial charge < -0.3 is 10.1 Å². The fraction of sp³-hybridized carbons (Fsp3) is 0.250. The highest BCUT2D eigenvalue weighted by Crippen LogP contribution is 2.30. The lowest BCUT2D eigenvalue weighted by atomic mass is 10.2. The summed E-state index contributed by atoms with van der Waals surface area (Å²) in [5, 5.41) is 3.67. The van der Waals surface area contributed by atoms with E-state index < -0.39 is 10.0 Å². The van der Waals surface area contributed by atoms with Gasteiger partial charge in [-0.2, -0.15) is 4.31 Å². The number of pyridine rings is 1. The van der Waals surface area contributed by atoms with Gasteiger partial charge in [-0.25, -0.2) is 13.4 Å². The lowest BCUT2D eigenvalue weighted by Gasteiger charge is -2.20. The van der Waals surface area contributed by atoms with Crippen molar-refractivity contribution in [2.75, 3.05) is 25.0 Å². The Morgan fingerprint density at radius 3 is 2.36 bits per heavy atom. The SMILES string of the molecule is CCOc1ccc(S(=O)(=O)N(CC)CC)cc1NC(=O)c1ccc(Sc2ccccn2)cc1. The monoisotopic (exact) mass is 485 g/mol. The summed E-state index contributed by atoms with van der Waals surface area (Å²) in [5.41, 5.74) is 0.752. The molecule has 0 unspecified atom stereocenters. The molecule has 33 heavy (non-hydrogen) atoms. The van der Waals surface area contributed by atoms with Crippen molar-refractivity contribution in [2.24, 2.45) is 0 Å². The molecule has 0 saturated heterocycles. The van der Waals surface area contributed by atoms with Crippen LogP contribution in [0.2, 0.25) is 0 Å². The van der Waals surface area contributed by atoms with Crippen molar-refractivity contribution >= 4 is 33.4 Å². The number of anilines is 1. The first kappa shape index (κ1) is 24.8. The molecule has 0 radical (unpaired) electrons. The zero-order valence-electron chi connectivity index (χ0n) is 18.8. The zero-order valence-corrected chi connectivity index (χ0v) is 20.4. The number of hydrogen-bond donors (Lipinski definition) is 1. The van der Waals surface area contributed by atoms with Gasteiger partial charge in [0.2, 0.25) is 10.0 Å². The van der Waals surface area contributed by atoms with E-state index in [4.69, 9.17) is 4.74 Å². The van der Waals surface area contributed by atoms with Gasteiger partial charge in [0.05, 0.1) is 17.2 Å². The Bertz CT molecular complexity index is 1180. The number of ether oxygens (including phenoxy) is 1. The first-order valence-corrected chi connectivity index (χ1v) is 12.9. The summed E-state index contributed by atoms with van der Waals surface area (Å²) < 4.78 is 32.8. The summed E-state index contributed by atoms with van der Waals surface area (Å²) in [5.74, 6) is 0.0504. The van der Waals surface area contributed by atoms with Gasteiger partial charge in [0.25, 0.3) is 5.91 Å². The van der Waals surface area contributed by atoms with Gasteiger partial charge in [-0.15, -0.1) is 0 Å². The highest BCUT2D eigenvalue weighted by molar-refractivity contribution is 7.99. The van der Waals surface area contributed by atoms with Gasteiger partial charge >= 0.3 is 0 Å². The van der Waals surface area contributed by atoms with Crippen LogP contribution >= 0.6 is 11.8 Å². The van der Waals surface area contributed by atoms with Gasteiger partial charge in [-0.3, -0.25) is 4.79 Å². The van der Waals surface area contributed by atoms with Crippen molar-refractivity contribution in [2.45, 2.75) is 35.6 Å². The highest BCUT2D eigenvalue weighted by atomic mass is 32.2. The van der Waals surface area contributed by atoms with E-state index in [0.29, 0.717) is 36.7 Å². The molecule has 0 aliphatic carbocycles. The lowest BCUT2D eigenvalue weighted by molar-refractivity contribution is 0.102. The summed E-state index contributed by atoms with van der Waals surface area (Å²) >= 11 is 1.50. The number of aromatic nitrogens is 1. The number of benzene rings is 2. The summed E-state index contributed by atoms with van der Waals surface area (Å²) in [7, 11) is -3.67. The molecule has 174 valence electrons. The lowest BCUT2D eigenvalue weighted by Crippen LogP contribution is -2.30. The molecule has 2 aromatic carbocycles. The number of sulfonamides is 1. The van der Waals surface area contributed by atoms with Crippen LogP contribution in [-0.2, 0) is 10.0 Å². The standard InChI is InChI=1S/C24H27N3O4S2/c1-4-27(5-2)33(29,30)20-14-15-22(31-6-3)21(17-20)26-24(28)18-10-12-19(13-11-18)32-23-9-7-8-16-25-23/h7-17H,4-6H2,1-3H3,(H,26,28). The van der Waals surface area contributed by atoms with Crippen molar-refractivity contribution in [3.05, 3.63) is 72.4 Å². The molecule has 0 bridgehead atoms. The topological polar surface area (TPSA) is 88.6 Å². The van der Waals surface area contributed by atoms with E-state index in [2.05, 4.69) is 10.3 Å². The van der Waals surface area contributed by atoms with Crippen molar-refractivity contribution < 1.29 is 17.9 Å². The molecule has 0 fully saturated rings. The minimum atomic E-state index is -3.67. The van der Waals surface area contributed by atoms with Crippen LogP contribution in [0.25, 0.3) is 0 Å². The van der Waals surface area contributed by atoms with Crippen LogP contribution in [0.5, 0.6) is 5.75 Å². The molecule has 9 heteroatoms. The number of nitrogens with one attached hydrogen (secondary N) is 1. The molecule has 0 saturated carbocycles. The van der Waals surface area contributed by atoms with E-state index in [0.717, 1.165) is 9.92 Å². The van der Waals surface area contributed by atoms with Crippen LogP contribution in [0.3, 0.4) is 0 Å². The molecule has 3 aromatic rings. The second-order valence-electron chi connectivity index (χ2n) is 6.93. The van der Waals surface area contributed by atoms with Gasteiger partial charge in [-0.1, -0.05) is 31.7 Å². The first-order valence-electron chi connectivity index (χ1n) is 10.7. The average Bonchev–Trinajstić information content (AvgIpc) is 2.82. The van der Waals surface area contributed by atoms with Crippen LogP contribution in [0.1, 0.15) is 31.1 Å². The van der Waals surface area contributed by atoms with Gasteiger partial charge in [0, 0.05) is 29.7 Å². The Hall–Kier alpha value is -2.88. The molecule has 0 aliphatic heterocycles. The Balaban J connectivity index is 1.83. The minimum Gasteiger partial charge on any atom is -0.492 e. The fourth-order valence-corrected chi connectivity index (χ4v) is 5.42. The quantitative estimate of drug-likeness (QED) is 0.439. The Labute approximate surface area is 199 Å². The predicted octanol–water partition coefficient (Wildman–Crippen LogP) is 4.91. The third-order valence-electron chi connectivity index (χ3n) is 4.82. The molecular weight excluding hydrogens is 458 g/mol. The number of carbonyl (C=O) groups excluding carboxylic acids is 1. The Kier molecular flexibility index (Phi) is 8.49. The summed E-state index contributed by atoms with van der Waals surface area (Å²) in [6, 6.07) is 17.3. The number of carbonyl (C=O) groups is 1. The minimum absolute atomic E-state index is 0.104. The number of hydrogen-bond acceptors (Lipinski definition) is 6. The molecule has 1 heterocycles. The van der Waals surface area contributed by atoms with Crippen molar-refractivity contribution in [1.82, 2.24) is 9.29 Å². The highest BCUT2D eigenvalue weighted by Gasteiger charge is 2.23. The predicted molar refractivity (Wildman–Crippen MR) is 130 cm³/mol. The van der Waals surface area contributed by atoms with Crippen LogP contribution < -0.4 is 10.1 Å². The van der Waals surface area contributed by atoms with E-state index in [1.807, 2.05) is 37.3 Å². The Morgan fingerprint density at radius 1 is 1.03 bits per heavy atom. The summed E-state index contributed by atoms with van der Waals surface area (Å²) in [6.45, 7) is 6.49. The molecule has 1 amide bonds. The van der Waals surface area contributed by atoms with E-state index in [-0.39, 0.29) is 10.8 Å². The molecule has 7 nitrogen and oxygen atoms in total. The third-order valence-corrected chi connectivity index (χ3v) is 7.82. The maximum Gasteiger partial charge on any atom is 0.255 e. The molecule has 0 spiro atoms. The molecule has 1 aromatic heterocycles. The smallest absolute Gasteiger partial charge is 0.255 e. The number of amides is 1. The van der Waals surface area contributed by atoms with E-state index >= 15 is 0 Å². The van der Waals surface area contributed by atoms with Crippen molar-refractivity contribution in [3.8, 4) is 5.75 Å². The van der Waals surface area contributed by atoms with Gasteiger partial charge in [-0.05, 0) is 61.5 Å². The van der Waals surface area contributed by atoms with Crippen LogP contribution in [-0.4, -0.2) is 43.3 Å². The summed E-state index contributed by atoms with van der Waals surface area (Å²) in [4.78, 5) is 18.2. The van der Waals surface area contributed by atoms with Crippen LogP contribution in [0, 0.1) is 0 Å². The second-order valence-corrected chi connectivity index (χ2v) is 9.96. The van der Waals surface area contributed by atoms with Crippen LogP contribution in [0.15, 0.2) is 81.7 Å². The molecule has 1 N–H and O–H groups in total. The normalized spacial score (nSPS) is 11.4. The van der Waals surface area contributed by atoms with Gasteiger partial charge in [0.15, 0.2) is 0 Å². The average molecular weight is 486 g/mol. The largest absolute Gasteiger partial charge is 0.492 e. The van der Waals surface area contributed by atoms with E-state index in [9.17, 15) is 13.2 Å². The van der Waals surface area contributed by atoms with E-state index in [1.54, 1.807) is 38.2 Å². The third kappa shape index (κ3) is 6.13. The van der Waals surface area contributed by atoms with Crippen LogP contribution in [0.4, 0.5) is 5.69 Å². The zero-order chi connectivity index (χ0) is 23.8. The number of nitrogens with zero attached hydrogens (tertiary/aromatic N) is 2. The Morgan fingerprint density at radius 2 is 1.76 bits per heavy atom. The number of rotatable bonds is 10. The van der Waals surface area contributed by atoms with Crippen molar-refractivity contribution in [3.63, 3.8) is 0 Å². The fourth-order valence-electron chi connectivity index (χ4n) is 3.16. The molecule has 0 atom stereocenters. The van der Waals surface area contributed by atoms with Crippen molar-refractivity contribution in [1.29, 1.82) is 0 Å². The molecule has 0 aliphatic rings. The maximum absolute atomic E-state index is 12.9. The van der Waals surface area contributed by atoms with E-state index in [1.165, 1.54) is 28.2 Å². The maximum atomic E-state index is 12.9. The molecule has 3 rings (SSSR count).